The first-order valence-electron chi connectivity index (χ1n) is 12.1. The Kier molecular flexibility index (Phi) is 8.07. The fourth-order valence-electron chi connectivity index (χ4n) is 3.66. The Balaban J connectivity index is 1.69. The lowest BCUT2D eigenvalue weighted by Crippen LogP contribution is -2.22. The van der Waals surface area contributed by atoms with E-state index in [1.54, 1.807) is 25.3 Å². The fraction of sp³-hybridized carbons (Fsp3) is 0.346. The smallest absolute Gasteiger partial charge is 0.195 e. The molecule has 1 aromatic carbocycles. The lowest BCUT2D eigenvalue weighted by Gasteiger charge is -2.16. The molecular formula is C26H32N4O5SSi. The summed E-state index contributed by atoms with van der Waals surface area (Å²) in [6.45, 7) is 9.19. The van der Waals surface area contributed by atoms with E-state index in [0.717, 1.165) is 11.6 Å². The van der Waals surface area contributed by atoms with Crippen LogP contribution in [0.1, 0.15) is 12.5 Å². The summed E-state index contributed by atoms with van der Waals surface area (Å²) < 4.78 is 38.1. The summed E-state index contributed by atoms with van der Waals surface area (Å²) in [4.78, 5) is 13.3. The molecule has 0 aliphatic carbocycles. The van der Waals surface area contributed by atoms with Gasteiger partial charge in [-0.3, -0.25) is 9.55 Å². The van der Waals surface area contributed by atoms with Gasteiger partial charge in [-0.1, -0.05) is 32.6 Å². The van der Waals surface area contributed by atoms with Crippen LogP contribution in [0.4, 0.5) is 0 Å². The zero-order chi connectivity index (χ0) is 26.6. The van der Waals surface area contributed by atoms with Crippen molar-refractivity contribution < 1.29 is 23.0 Å². The third kappa shape index (κ3) is 6.42. The molecule has 0 spiro atoms. The summed E-state index contributed by atoms with van der Waals surface area (Å²) in [5, 5.41) is 10.1. The predicted molar refractivity (Wildman–Crippen MR) is 145 cm³/mol. The summed E-state index contributed by atoms with van der Waals surface area (Å²) >= 11 is 0. The van der Waals surface area contributed by atoms with Crippen molar-refractivity contribution in [2.75, 3.05) is 12.4 Å². The van der Waals surface area contributed by atoms with E-state index in [2.05, 4.69) is 29.6 Å². The van der Waals surface area contributed by atoms with Crippen LogP contribution in [0, 0.1) is 0 Å². The van der Waals surface area contributed by atoms with E-state index < -0.39 is 17.9 Å². The largest absolute Gasteiger partial charge is 0.455 e. The molecule has 0 bridgehead atoms. The quantitative estimate of drug-likeness (QED) is 0.211. The highest BCUT2D eigenvalue weighted by Gasteiger charge is 2.19. The van der Waals surface area contributed by atoms with Crippen molar-refractivity contribution in [2.45, 2.75) is 51.0 Å². The van der Waals surface area contributed by atoms with Crippen LogP contribution in [0.15, 0.2) is 59.9 Å². The second kappa shape index (κ2) is 11.1. The van der Waals surface area contributed by atoms with Gasteiger partial charge in [-0.05, 0) is 36.4 Å². The molecule has 0 unspecified atom stereocenters. The van der Waals surface area contributed by atoms with Gasteiger partial charge in [0.1, 0.15) is 23.9 Å². The van der Waals surface area contributed by atoms with Gasteiger partial charge in [0.25, 0.3) is 0 Å². The number of hydrogen-bond donors (Lipinski definition) is 1. The minimum atomic E-state index is -3.41. The first-order valence-corrected chi connectivity index (χ1v) is 17.5. The van der Waals surface area contributed by atoms with Crippen LogP contribution in [0.5, 0.6) is 11.5 Å². The molecule has 37 heavy (non-hydrogen) atoms. The number of rotatable bonds is 11. The molecule has 0 saturated heterocycles. The van der Waals surface area contributed by atoms with Crippen LogP contribution >= 0.6 is 0 Å². The van der Waals surface area contributed by atoms with Crippen LogP contribution < -0.4 is 4.74 Å². The van der Waals surface area contributed by atoms with Crippen LogP contribution in [-0.2, 0) is 27.9 Å². The van der Waals surface area contributed by atoms with Crippen molar-refractivity contribution in [3.63, 3.8) is 0 Å². The zero-order valence-corrected chi connectivity index (χ0v) is 23.3. The average Bonchev–Trinajstić information content (AvgIpc) is 3.23. The summed E-state index contributed by atoms with van der Waals surface area (Å²) in [5.41, 5.74) is 2.69. The lowest BCUT2D eigenvalue weighted by atomic mass is 10.2. The predicted octanol–water partition coefficient (Wildman–Crippen LogP) is 4.88. The van der Waals surface area contributed by atoms with E-state index in [9.17, 15) is 13.5 Å². The topological polar surface area (TPSA) is 116 Å². The van der Waals surface area contributed by atoms with Crippen molar-refractivity contribution >= 4 is 28.9 Å². The molecule has 0 aliphatic rings. The van der Waals surface area contributed by atoms with E-state index >= 15 is 0 Å². The second-order valence-corrected chi connectivity index (χ2v) is 17.7. The molecule has 4 rings (SSSR count). The highest BCUT2D eigenvalue weighted by molar-refractivity contribution is 7.91. The van der Waals surface area contributed by atoms with E-state index in [4.69, 9.17) is 14.5 Å². The number of fused-ring (bicyclic) bond motifs is 1. The number of benzene rings is 1. The zero-order valence-electron chi connectivity index (χ0n) is 21.5. The number of hydrogen-bond acceptors (Lipinski definition) is 8. The van der Waals surface area contributed by atoms with Crippen molar-refractivity contribution in [3.8, 4) is 23.0 Å². The number of imidazole rings is 1. The molecule has 3 heterocycles. The number of nitrogens with zero attached hydrogens (tertiary/aromatic N) is 4. The Hall–Kier alpha value is -3.12. The van der Waals surface area contributed by atoms with Crippen molar-refractivity contribution in [1.29, 1.82) is 0 Å². The number of ether oxygens (including phenoxy) is 2. The maximum Gasteiger partial charge on any atom is 0.195 e. The normalized spacial score (nSPS) is 12.2. The molecule has 9 nitrogen and oxygen atoms in total. The standard InChI is InChI=1S/C26H32N4O5SSi/c1-5-36(32,33)25-10-9-20(16-28-25)35-24-15-22-23(14-19(24)17-31)30(18-34-12-13-37(2,3)4)26(29-22)21-8-6-7-11-27-21/h6-11,14-16,31H,5,12-13,17-18H2,1-4H3. The third-order valence-electron chi connectivity index (χ3n) is 5.85. The first-order chi connectivity index (χ1) is 17.6. The molecule has 196 valence electrons. The van der Waals surface area contributed by atoms with Gasteiger partial charge in [0.05, 0.1) is 29.6 Å². The Morgan fingerprint density at radius 3 is 2.51 bits per heavy atom. The molecule has 1 N–H and O–H groups in total. The maximum absolute atomic E-state index is 12.1. The van der Waals surface area contributed by atoms with Crippen molar-refractivity contribution in [1.82, 2.24) is 19.5 Å². The number of aliphatic hydroxyl groups is 1. The van der Waals surface area contributed by atoms with Gasteiger partial charge in [0.2, 0.25) is 0 Å². The van der Waals surface area contributed by atoms with Gasteiger partial charge in [-0.25, -0.2) is 18.4 Å². The van der Waals surface area contributed by atoms with E-state index in [1.165, 1.54) is 12.3 Å². The third-order valence-corrected chi connectivity index (χ3v) is 9.19. The lowest BCUT2D eigenvalue weighted by molar-refractivity contribution is 0.0909. The average molecular weight is 541 g/mol. The van der Waals surface area contributed by atoms with Gasteiger partial charge >= 0.3 is 0 Å². The molecule has 0 amide bonds. The van der Waals surface area contributed by atoms with Crippen LogP contribution in [0.25, 0.3) is 22.6 Å². The minimum absolute atomic E-state index is 0.00643. The summed E-state index contributed by atoms with van der Waals surface area (Å²) in [6.07, 6.45) is 3.08. The number of pyridine rings is 2. The number of aromatic nitrogens is 4. The molecule has 0 aliphatic heterocycles. The summed E-state index contributed by atoms with van der Waals surface area (Å²) in [5.74, 6) is 1.37. The van der Waals surface area contributed by atoms with Crippen LogP contribution in [0.3, 0.4) is 0 Å². The monoisotopic (exact) mass is 540 g/mol. The molecule has 0 saturated carbocycles. The Morgan fingerprint density at radius 2 is 1.89 bits per heavy atom. The van der Waals surface area contributed by atoms with Crippen molar-refractivity contribution in [3.05, 3.63) is 60.4 Å². The Bertz CT molecular complexity index is 1470. The minimum Gasteiger partial charge on any atom is -0.455 e. The molecule has 0 fully saturated rings. The Labute approximate surface area is 218 Å². The van der Waals surface area contributed by atoms with Crippen molar-refractivity contribution in [2.24, 2.45) is 0 Å². The Morgan fingerprint density at radius 1 is 1.08 bits per heavy atom. The van der Waals surface area contributed by atoms with E-state index in [0.29, 0.717) is 47.4 Å². The van der Waals surface area contributed by atoms with E-state index in [-0.39, 0.29) is 17.4 Å². The molecule has 11 heteroatoms. The van der Waals surface area contributed by atoms with Gasteiger partial charge < -0.3 is 14.6 Å². The molecule has 0 atom stereocenters. The van der Waals surface area contributed by atoms with Gasteiger partial charge in [0, 0.05) is 32.5 Å². The second-order valence-electron chi connectivity index (χ2n) is 9.87. The highest BCUT2D eigenvalue weighted by Crippen LogP contribution is 2.33. The number of sulfone groups is 1. The first kappa shape index (κ1) is 26.9. The molecule has 4 aromatic rings. The number of aliphatic hydroxyl groups excluding tert-OH is 1. The molecule has 0 radical (unpaired) electrons. The fourth-order valence-corrected chi connectivity index (χ4v) is 5.20. The van der Waals surface area contributed by atoms with Crippen LogP contribution in [-0.4, -0.2) is 53.5 Å². The maximum atomic E-state index is 12.1. The molecular weight excluding hydrogens is 508 g/mol. The van der Waals surface area contributed by atoms with Gasteiger partial charge in [-0.2, -0.15) is 0 Å². The van der Waals surface area contributed by atoms with E-state index in [1.807, 2.05) is 28.8 Å². The SMILES string of the molecule is CCS(=O)(=O)c1ccc(Oc2cc3nc(-c4ccccn4)n(COCC[Si](C)(C)C)c3cc2CO)cn1. The highest BCUT2D eigenvalue weighted by atomic mass is 32.2. The van der Waals surface area contributed by atoms with Gasteiger partial charge in [-0.15, -0.1) is 0 Å². The van der Waals surface area contributed by atoms with Crippen LogP contribution in [0.2, 0.25) is 25.7 Å². The van der Waals surface area contributed by atoms with Gasteiger partial charge in [0.15, 0.2) is 20.7 Å². The molecule has 3 aromatic heterocycles. The summed E-state index contributed by atoms with van der Waals surface area (Å²) in [7, 11) is -4.65. The summed E-state index contributed by atoms with van der Waals surface area (Å²) in [6, 6.07) is 13.2.